The van der Waals surface area contributed by atoms with Crippen LogP contribution < -0.4 is 5.32 Å². The zero-order valence-electron chi connectivity index (χ0n) is 17.9. The smallest absolute Gasteiger partial charge is 0.321 e. The third-order valence-electron chi connectivity index (χ3n) is 6.55. The van der Waals surface area contributed by atoms with Gasteiger partial charge in [0.25, 0.3) is 0 Å². The lowest BCUT2D eigenvalue weighted by atomic mass is 9.91. The van der Waals surface area contributed by atoms with Crippen molar-refractivity contribution in [3.63, 3.8) is 0 Å². The molecule has 0 saturated carbocycles. The van der Waals surface area contributed by atoms with Gasteiger partial charge in [0.1, 0.15) is 10.8 Å². The summed E-state index contributed by atoms with van der Waals surface area (Å²) in [4.78, 5) is 18.4. The van der Waals surface area contributed by atoms with Crippen LogP contribution in [0.2, 0.25) is 0 Å². The van der Waals surface area contributed by atoms with Crippen LogP contribution in [-0.4, -0.2) is 60.1 Å². The maximum atomic E-state index is 13.1. The van der Waals surface area contributed by atoms with Gasteiger partial charge in [-0.25, -0.2) is 17.5 Å². The first-order chi connectivity index (χ1) is 15.4. The highest BCUT2D eigenvalue weighted by atomic mass is 32.2. The average Bonchev–Trinajstić information content (AvgIpc) is 3.18. The Labute approximate surface area is 187 Å². The van der Waals surface area contributed by atoms with Crippen molar-refractivity contribution in [2.75, 3.05) is 31.5 Å². The Bertz CT molecular complexity index is 1240. The number of fused-ring (bicyclic) bond motifs is 1. The molecule has 5 rings (SSSR count). The Kier molecular flexibility index (Phi) is 5.38. The van der Waals surface area contributed by atoms with Crippen LogP contribution in [0.5, 0.6) is 0 Å². The number of aryl methyl sites for hydroxylation is 1. The van der Waals surface area contributed by atoms with E-state index < -0.39 is 15.3 Å². The maximum Gasteiger partial charge on any atom is 0.321 e. The molecule has 168 valence electrons. The average molecular weight is 455 g/mol. The number of carbonyl (C=O) groups is 1. The number of piperidine rings is 1. The molecule has 4 heterocycles. The van der Waals surface area contributed by atoms with Crippen molar-refractivity contribution in [1.29, 1.82) is 0 Å². The molecule has 9 heteroatoms. The van der Waals surface area contributed by atoms with Gasteiger partial charge < -0.3 is 14.6 Å². The quantitative estimate of drug-likeness (QED) is 0.650. The van der Waals surface area contributed by atoms with Gasteiger partial charge >= 0.3 is 6.03 Å². The van der Waals surface area contributed by atoms with Crippen LogP contribution in [-0.2, 0) is 10.0 Å². The van der Waals surface area contributed by atoms with E-state index in [1.165, 1.54) is 0 Å². The second-order valence-corrected chi connectivity index (χ2v) is 10.7. The summed E-state index contributed by atoms with van der Waals surface area (Å²) in [5, 5.41) is 2.32. The first-order valence-corrected chi connectivity index (χ1v) is 12.4. The van der Waals surface area contributed by atoms with E-state index in [2.05, 4.69) is 10.3 Å². The molecule has 2 aliphatic rings. The minimum Gasteiger partial charge on any atom is -0.462 e. The monoisotopic (exact) mass is 454 g/mol. The second-order valence-electron chi connectivity index (χ2n) is 8.53. The van der Waals surface area contributed by atoms with Crippen molar-refractivity contribution in [3.05, 3.63) is 60.0 Å². The first kappa shape index (κ1) is 21.0. The second kappa shape index (κ2) is 8.22. The van der Waals surface area contributed by atoms with E-state index in [0.717, 1.165) is 40.8 Å². The Morgan fingerprint density at radius 2 is 1.88 bits per heavy atom. The Hall–Kier alpha value is -2.91. The summed E-state index contributed by atoms with van der Waals surface area (Å²) in [6.07, 6.45) is 4.96. The zero-order chi connectivity index (χ0) is 22.3. The van der Waals surface area contributed by atoms with E-state index in [1.807, 2.05) is 43.3 Å². The standard InChI is InChI=1S/C23H26N4O4S/c1-16-5-2-3-6-20(16)25-23(28)26-13-18(14-26)32(29,30)27-11-8-17(9-12-27)19-15-31-21-7-4-10-24-22(19)21/h2-7,10,15,17-18H,8-9,11-14H2,1H3,(H,25,28). The molecule has 0 aliphatic carbocycles. The summed E-state index contributed by atoms with van der Waals surface area (Å²) in [6, 6.07) is 11.0. The molecule has 2 aliphatic heterocycles. The van der Waals surface area contributed by atoms with Gasteiger partial charge in [-0.2, -0.15) is 0 Å². The number of para-hydroxylation sites is 1. The summed E-state index contributed by atoms with van der Waals surface area (Å²) >= 11 is 0. The van der Waals surface area contributed by atoms with E-state index in [9.17, 15) is 13.2 Å². The highest BCUT2D eigenvalue weighted by molar-refractivity contribution is 7.89. The number of amides is 2. The molecule has 0 bridgehead atoms. The molecule has 0 atom stereocenters. The fourth-order valence-corrected chi connectivity index (χ4v) is 6.38. The lowest BCUT2D eigenvalue weighted by molar-refractivity contribution is 0.179. The van der Waals surface area contributed by atoms with Crippen LogP contribution in [0.3, 0.4) is 0 Å². The Morgan fingerprint density at radius 1 is 1.12 bits per heavy atom. The fraction of sp³-hybridized carbons (Fsp3) is 0.391. The van der Waals surface area contributed by atoms with Crippen LogP contribution in [0, 0.1) is 6.92 Å². The number of pyridine rings is 1. The minimum atomic E-state index is -3.43. The number of furan rings is 1. The number of aromatic nitrogens is 1. The largest absolute Gasteiger partial charge is 0.462 e. The van der Waals surface area contributed by atoms with E-state index in [0.29, 0.717) is 13.1 Å². The Balaban J connectivity index is 1.17. The predicted molar refractivity (Wildman–Crippen MR) is 122 cm³/mol. The number of hydrogen-bond donors (Lipinski definition) is 1. The minimum absolute atomic E-state index is 0.219. The number of likely N-dealkylation sites (tertiary alicyclic amines) is 1. The summed E-state index contributed by atoms with van der Waals surface area (Å²) in [5.41, 5.74) is 4.39. The zero-order valence-corrected chi connectivity index (χ0v) is 18.7. The lowest BCUT2D eigenvalue weighted by Crippen LogP contribution is -2.61. The number of nitrogens with one attached hydrogen (secondary N) is 1. The number of nitrogens with zero attached hydrogens (tertiary/aromatic N) is 3. The summed E-state index contributed by atoms with van der Waals surface area (Å²) in [6.45, 7) is 3.30. The SMILES string of the molecule is Cc1ccccc1NC(=O)N1CC(S(=O)(=O)N2CCC(c3coc4cccnc34)CC2)C1. The molecule has 32 heavy (non-hydrogen) atoms. The van der Waals surface area contributed by atoms with E-state index in [1.54, 1.807) is 21.7 Å². The Morgan fingerprint density at radius 3 is 2.62 bits per heavy atom. The van der Waals surface area contributed by atoms with Crippen LogP contribution in [0.25, 0.3) is 11.1 Å². The molecule has 0 spiro atoms. The summed E-state index contributed by atoms with van der Waals surface area (Å²) in [7, 11) is -3.43. The van der Waals surface area contributed by atoms with Gasteiger partial charge in [0.15, 0.2) is 5.58 Å². The van der Waals surface area contributed by atoms with Crippen molar-refractivity contribution >= 4 is 32.8 Å². The van der Waals surface area contributed by atoms with Crippen molar-refractivity contribution in [3.8, 4) is 0 Å². The molecule has 2 aromatic heterocycles. The number of anilines is 1. The number of benzene rings is 1. The van der Waals surface area contributed by atoms with Gasteiger partial charge in [-0.1, -0.05) is 18.2 Å². The van der Waals surface area contributed by atoms with Gasteiger partial charge in [0.2, 0.25) is 10.0 Å². The molecule has 1 N–H and O–H groups in total. The van der Waals surface area contributed by atoms with Crippen LogP contribution in [0.15, 0.2) is 53.3 Å². The van der Waals surface area contributed by atoms with Gasteiger partial charge in [-0.05, 0) is 49.4 Å². The summed E-state index contributed by atoms with van der Waals surface area (Å²) < 4.78 is 33.4. The van der Waals surface area contributed by atoms with Gasteiger partial charge in [-0.15, -0.1) is 0 Å². The number of rotatable bonds is 4. The van der Waals surface area contributed by atoms with Crippen molar-refractivity contribution in [2.45, 2.75) is 30.9 Å². The molecule has 0 radical (unpaired) electrons. The van der Waals surface area contributed by atoms with E-state index in [-0.39, 0.29) is 25.0 Å². The lowest BCUT2D eigenvalue weighted by Gasteiger charge is -2.42. The first-order valence-electron chi connectivity index (χ1n) is 10.9. The maximum absolute atomic E-state index is 13.1. The van der Waals surface area contributed by atoms with Crippen LogP contribution in [0.4, 0.5) is 10.5 Å². The predicted octanol–water partition coefficient (Wildman–Crippen LogP) is 3.56. The molecule has 2 amide bonds. The molecule has 3 aromatic rings. The third-order valence-corrected chi connectivity index (χ3v) is 8.78. The number of sulfonamides is 1. The van der Waals surface area contributed by atoms with Crippen LogP contribution in [0.1, 0.15) is 29.9 Å². The normalized spacial score (nSPS) is 18.6. The van der Waals surface area contributed by atoms with Crippen molar-refractivity contribution < 1.29 is 17.6 Å². The molecule has 2 saturated heterocycles. The van der Waals surface area contributed by atoms with Gasteiger partial charge in [0, 0.05) is 43.6 Å². The topological polar surface area (TPSA) is 95.8 Å². The van der Waals surface area contributed by atoms with Gasteiger partial charge in [0.05, 0.1) is 6.26 Å². The van der Waals surface area contributed by atoms with E-state index in [4.69, 9.17) is 4.42 Å². The molecule has 8 nitrogen and oxygen atoms in total. The van der Waals surface area contributed by atoms with E-state index >= 15 is 0 Å². The number of urea groups is 1. The molecular weight excluding hydrogens is 428 g/mol. The van der Waals surface area contributed by atoms with Crippen LogP contribution >= 0.6 is 0 Å². The fourth-order valence-electron chi connectivity index (χ4n) is 4.51. The molecule has 2 fully saturated rings. The highest BCUT2D eigenvalue weighted by Crippen LogP contribution is 2.35. The van der Waals surface area contributed by atoms with Gasteiger partial charge in [-0.3, -0.25) is 4.98 Å². The number of hydrogen-bond acceptors (Lipinski definition) is 5. The molecular formula is C23H26N4O4S. The number of carbonyl (C=O) groups excluding carboxylic acids is 1. The highest BCUT2D eigenvalue weighted by Gasteiger charge is 2.44. The molecule has 0 unspecified atom stereocenters. The van der Waals surface area contributed by atoms with Crippen molar-refractivity contribution in [2.24, 2.45) is 0 Å². The van der Waals surface area contributed by atoms with Crippen molar-refractivity contribution in [1.82, 2.24) is 14.2 Å². The third kappa shape index (κ3) is 3.75. The summed E-state index contributed by atoms with van der Waals surface area (Å²) in [5.74, 6) is 0.232. The molecule has 1 aromatic carbocycles.